The maximum Gasteiger partial charge on any atom is 0.261 e. The number of aromatic nitrogens is 2. The van der Waals surface area contributed by atoms with Crippen LogP contribution >= 0.6 is 0 Å². The second kappa shape index (κ2) is 5.01. The molecule has 1 N–H and O–H groups in total. The zero-order valence-corrected chi connectivity index (χ0v) is 11.1. The van der Waals surface area contributed by atoms with Crippen LogP contribution in [0.3, 0.4) is 0 Å². The Morgan fingerprint density at radius 3 is 3.05 bits per heavy atom. The molecular weight excluding hydrogens is 242 g/mol. The highest BCUT2D eigenvalue weighted by molar-refractivity contribution is 5.63. The summed E-state index contributed by atoms with van der Waals surface area (Å²) in [5, 5.41) is 7.43. The topological polar surface area (TPSA) is 60.2 Å². The molecule has 0 amide bonds. The quantitative estimate of drug-likeness (QED) is 0.917. The van der Waals surface area contributed by atoms with E-state index in [0.29, 0.717) is 5.89 Å². The normalized spacial score (nSPS) is 18.7. The summed E-state index contributed by atoms with van der Waals surface area (Å²) >= 11 is 0. The lowest BCUT2D eigenvalue weighted by atomic mass is 10.1. The first kappa shape index (κ1) is 12.2. The minimum Gasteiger partial charge on any atom is -0.496 e. The minimum absolute atomic E-state index is 0.217. The van der Waals surface area contributed by atoms with Crippen LogP contribution in [0.15, 0.2) is 22.7 Å². The number of aryl methyl sites for hydroxylation is 1. The van der Waals surface area contributed by atoms with Crippen LogP contribution in [0, 0.1) is 6.92 Å². The molecule has 5 nitrogen and oxygen atoms in total. The van der Waals surface area contributed by atoms with E-state index in [1.165, 1.54) is 0 Å². The number of hydrogen-bond acceptors (Lipinski definition) is 5. The summed E-state index contributed by atoms with van der Waals surface area (Å²) < 4.78 is 10.7. The highest BCUT2D eigenvalue weighted by Crippen LogP contribution is 2.31. The van der Waals surface area contributed by atoms with Gasteiger partial charge in [0.15, 0.2) is 5.82 Å². The van der Waals surface area contributed by atoms with Crippen molar-refractivity contribution in [1.29, 1.82) is 0 Å². The van der Waals surface area contributed by atoms with Crippen LogP contribution in [0.2, 0.25) is 0 Å². The van der Waals surface area contributed by atoms with Gasteiger partial charge >= 0.3 is 0 Å². The van der Waals surface area contributed by atoms with Crippen molar-refractivity contribution < 1.29 is 9.26 Å². The molecule has 0 spiro atoms. The number of methoxy groups -OCH3 is 1. The fourth-order valence-corrected chi connectivity index (χ4v) is 2.37. The Hall–Kier alpha value is -1.88. The molecule has 1 aromatic carbocycles. The monoisotopic (exact) mass is 259 g/mol. The molecule has 0 bridgehead atoms. The summed E-state index contributed by atoms with van der Waals surface area (Å²) in [5.41, 5.74) is 1.97. The van der Waals surface area contributed by atoms with Crippen LogP contribution in [-0.2, 0) is 0 Å². The largest absolute Gasteiger partial charge is 0.496 e. The van der Waals surface area contributed by atoms with E-state index in [1.807, 2.05) is 25.1 Å². The van der Waals surface area contributed by atoms with Crippen LogP contribution in [0.4, 0.5) is 0 Å². The van der Waals surface area contributed by atoms with E-state index in [4.69, 9.17) is 9.26 Å². The summed E-state index contributed by atoms with van der Waals surface area (Å²) in [5.74, 6) is 2.00. The number of ether oxygens (including phenoxy) is 1. The highest BCUT2D eigenvalue weighted by atomic mass is 16.5. The van der Waals surface area contributed by atoms with Gasteiger partial charge in [-0.25, -0.2) is 0 Å². The van der Waals surface area contributed by atoms with Gasteiger partial charge in [0.25, 0.3) is 5.89 Å². The first-order valence-corrected chi connectivity index (χ1v) is 6.50. The van der Waals surface area contributed by atoms with Gasteiger partial charge in [-0.2, -0.15) is 4.98 Å². The Kier molecular flexibility index (Phi) is 3.21. The molecule has 0 saturated carbocycles. The summed E-state index contributed by atoms with van der Waals surface area (Å²) in [6.45, 7) is 3.04. The van der Waals surface area contributed by atoms with Crippen molar-refractivity contribution in [2.45, 2.75) is 25.8 Å². The zero-order chi connectivity index (χ0) is 13.2. The van der Waals surface area contributed by atoms with Gasteiger partial charge in [0.2, 0.25) is 0 Å². The SMILES string of the molecule is COc1cc(C)ccc1-c1nc(C2CCCN2)no1. The van der Waals surface area contributed by atoms with Crippen LogP contribution < -0.4 is 10.1 Å². The maximum absolute atomic E-state index is 5.37. The van der Waals surface area contributed by atoms with E-state index in [-0.39, 0.29) is 6.04 Å². The predicted octanol–water partition coefficient (Wildman–Crippen LogP) is 2.48. The van der Waals surface area contributed by atoms with Crippen molar-refractivity contribution in [3.8, 4) is 17.2 Å². The number of benzene rings is 1. The molecule has 3 rings (SSSR count). The first-order chi connectivity index (χ1) is 9.28. The van der Waals surface area contributed by atoms with Crippen molar-refractivity contribution in [2.24, 2.45) is 0 Å². The van der Waals surface area contributed by atoms with E-state index in [9.17, 15) is 0 Å². The number of nitrogens with one attached hydrogen (secondary N) is 1. The molecule has 5 heteroatoms. The lowest BCUT2D eigenvalue weighted by molar-refractivity contribution is 0.398. The van der Waals surface area contributed by atoms with Gasteiger partial charge in [-0.3, -0.25) is 0 Å². The second-order valence-corrected chi connectivity index (χ2v) is 4.81. The van der Waals surface area contributed by atoms with Gasteiger partial charge in [0.1, 0.15) is 5.75 Å². The van der Waals surface area contributed by atoms with Crippen molar-refractivity contribution in [1.82, 2.24) is 15.5 Å². The van der Waals surface area contributed by atoms with E-state index in [1.54, 1.807) is 7.11 Å². The summed E-state index contributed by atoms with van der Waals surface area (Å²) in [4.78, 5) is 4.48. The van der Waals surface area contributed by atoms with Crippen LogP contribution in [-0.4, -0.2) is 23.8 Å². The zero-order valence-electron chi connectivity index (χ0n) is 11.1. The third kappa shape index (κ3) is 2.33. The Balaban J connectivity index is 1.93. The Morgan fingerprint density at radius 1 is 1.42 bits per heavy atom. The molecule has 0 radical (unpaired) electrons. The van der Waals surface area contributed by atoms with Gasteiger partial charge in [-0.1, -0.05) is 11.2 Å². The van der Waals surface area contributed by atoms with Crippen LogP contribution in [0.1, 0.15) is 30.3 Å². The average molecular weight is 259 g/mol. The van der Waals surface area contributed by atoms with Gasteiger partial charge < -0.3 is 14.6 Å². The highest BCUT2D eigenvalue weighted by Gasteiger charge is 2.23. The standard InChI is InChI=1S/C14H17N3O2/c1-9-5-6-10(12(8-9)18-2)14-16-13(17-19-14)11-4-3-7-15-11/h5-6,8,11,15H,3-4,7H2,1-2H3. The molecule has 1 aliphatic heterocycles. The number of rotatable bonds is 3. The molecule has 0 aliphatic carbocycles. The molecule has 100 valence electrons. The molecule has 1 atom stereocenters. The molecule has 1 saturated heterocycles. The smallest absolute Gasteiger partial charge is 0.261 e. The van der Waals surface area contributed by atoms with Crippen molar-refractivity contribution in [3.63, 3.8) is 0 Å². The predicted molar refractivity (Wildman–Crippen MR) is 71.0 cm³/mol. The Bertz CT molecular complexity index is 574. The van der Waals surface area contributed by atoms with E-state index < -0.39 is 0 Å². The maximum atomic E-state index is 5.37. The molecular formula is C14H17N3O2. The van der Waals surface area contributed by atoms with Gasteiger partial charge in [0.05, 0.1) is 18.7 Å². The molecule has 1 fully saturated rings. The Labute approximate surface area is 112 Å². The molecule has 1 aromatic heterocycles. The van der Waals surface area contributed by atoms with Crippen LogP contribution in [0.5, 0.6) is 5.75 Å². The molecule has 1 unspecified atom stereocenters. The van der Waals surface area contributed by atoms with Crippen LogP contribution in [0.25, 0.3) is 11.5 Å². The van der Waals surface area contributed by atoms with E-state index in [2.05, 4.69) is 15.5 Å². The number of nitrogens with zero attached hydrogens (tertiary/aromatic N) is 2. The summed E-state index contributed by atoms with van der Waals surface area (Å²) in [6.07, 6.45) is 2.21. The fraction of sp³-hybridized carbons (Fsp3) is 0.429. The lowest BCUT2D eigenvalue weighted by Gasteiger charge is -2.05. The fourth-order valence-electron chi connectivity index (χ4n) is 2.37. The summed E-state index contributed by atoms with van der Waals surface area (Å²) in [7, 11) is 1.65. The lowest BCUT2D eigenvalue weighted by Crippen LogP contribution is -2.14. The third-order valence-corrected chi connectivity index (χ3v) is 3.40. The first-order valence-electron chi connectivity index (χ1n) is 6.50. The summed E-state index contributed by atoms with van der Waals surface area (Å²) in [6, 6.07) is 6.14. The molecule has 2 aromatic rings. The van der Waals surface area contributed by atoms with Gasteiger partial charge in [0, 0.05) is 0 Å². The minimum atomic E-state index is 0.217. The van der Waals surface area contributed by atoms with Gasteiger partial charge in [-0.05, 0) is 44.0 Å². The average Bonchev–Trinajstić information content (AvgIpc) is 3.09. The van der Waals surface area contributed by atoms with Gasteiger partial charge in [-0.15, -0.1) is 0 Å². The second-order valence-electron chi connectivity index (χ2n) is 4.81. The van der Waals surface area contributed by atoms with E-state index >= 15 is 0 Å². The number of hydrogen-bond donors (Lipinski definition) is 1. The Morgan fingerprint density at radius 2 is 2.32 bits per heavy atom. The molecule has 19 heavy (non-hydrogen) atoms. The van der Waals surface area contributed by atoms with Crippen molar-refractivity contribution in [3.05, 3.63) is 29.6 Å². The van der Waals surface area contributed by atoms with Crippen molar-refractivity contribution >= 4 is 0 Å². The molecule has 1 aliphatic rings. The third-order valence-electron chi connectivity index (χ3n) is 3.40. The van der Waals surface area contributed by atoms with E-state index in [0.717, 1.165) is 42.1 Å². The molecule has 2 heterocycles. The van der Waals surface area contributed by atoms with Crippen molar-refractivity contribution in [2.75, 3.05) is 13.7 Å².